The number of nitro benzene ring substituents is 1. The first kappa shape index (κ1) is 11.1. The van der Waals surface area contributed by atoms with Crippen molar-refractivity contribution in [2.24, 2.45) is 0 Å². The number of nitrogen functional groups attached to an aromatic ring is 1. The van der Waals surface area contributed by atoms with Gasteiger partial charge in [-0.2, -0.15) is 0 Å². The van der Waals surface area contributed by atoms with E-state index in [4.69, 9.17) is 5.73 Å². The van der Waals surface area contributed by atoms with E-state index >= 15 is 0 Å². The van der Waals surface area contributed by atoms with Crippen LogP contribution in [0.1, 0.15) is 5.56 Å². The molecule has 0 aromatic heterocycles. The van der Waals surface area contributed by atoms with E-state index in [-0.39, 0.29) is 5.69 Å². The first-order valence-electron chi connectivity index (χ1n) is 5.19. The van der Waals surface area contributed by atoms with E-state index in [1.807, 2.05) is 25.1 Å². The Balaban J connectivity index is 2.53. The summed E-state index contributed by atoms with van der Waals surface area (Å²) in [6.45, 7) is 1.94. The van der Waals surface area contributed by atoms with Crippen molar-refractivity contribution in [2.45, 2.75) is 6.92 Å². The summed E-state index contributed by atoms with van der Waals surface area (Å²) in [5.41, 5.74) is 9.26. The highest BCUT2D eigenvalue weighted by Gasteiger charge is 2.08. The predicted molar refractivity (Wildman–Crippen MR) is 67.7 cm³/mol. The Hall–Kier alpha value is -2.36. The van der Waals surface area contributed by atoms with Crippen molar-refractivity contribution in [3.63, 3.8) is 0 Å². The van der Waals surface area contributed by atoms with Crippen LogP contribution in [0.25, 0.3) is 11.1 Å². The molecule has 0 aliphatic heterocycles. The third-order valence-electron chi connectivity index (χ3n) is 2.62. The second-order valence-corrected chi connectivity index (χ2v) is 3.88. The van der Waals surface area contributed by atoms with E-state index in [2.05, 4.69) is 0 Å². The minimum Gasteiger partial charge on any atom is -0.399 e. The molecule has 0 aliphatic carbocycles. The maximum absolute atomic E-state index is 10.7. The van der Waals surface area contributed by atoms with Crippen molar-refractivity contribution in [3.05, 3.63) is 58.1 Å². The molecule has 4 nitrogen and oxygen atoms in total. The molecular formula is C13H12N2O2. The number of rotatable bonds is 2. The van der Waals surface area contributed by atoms with Crippen LogP contribution in [-0.2, 0) is 0 Å². The summed E-state index contributed by atoms with van der Waals surface area (Å²) in [4.78, 5) is 10.3. The molecule has 2 aromatic carbocycles. The minimum atomic E-state index is -0.393. The lowest BCUT2D eigenvalue weighted by Crippen LogP contribution is -1.91. The van der Waals surface area contributed by atoms with Gasteiger partial charge in [0.2, 0.25) is 0 Å². The monoisotopic (exact) mass is 228 g/mol. The predicted octanol–water partition coefficient (Wildman–Crippen LogP) is 3.15. The van der Waals surface area contributed by atoms with Crippen LogP contribution >= 0.6 is 0 Å². The molecule has 2 rings (SSSR count). The lowest BCUT2D eigenvalue weighted by molar-refractivity contribution is -0.384. The van der Waals surface area contributed by atoms with Crippen LogP contribution in [0.15, 0.2) is 42.5 Å². The van der Waals surface area contributed by atoms with E-state index in [0.29, 0.717) is 5.69 Å². The van der Waals surface area contributed by atoms with Crippen LogP contribution in [0.2, 0.25) is 0 Å². The molecule has 0 saturated carbocycles. The van der Waals surface area contributed by atoms with E-state index in [0.717, 1.165) is 16.7 Å². The molecule has 0 bridgehead atoms. The summed E-state index contributed by atoms with van der Waals surface area (Å²) in [5.74, 6) is 0. The van der Waals surface area contributed by atoms with Gasteiger partial charge in [-0.05, 0) is 35.7 Å². The quantitative estimate of drug-likeness (QED) is 0.487. The van der Waals surface area contributed by atoms with Crippen LogP contribution in [0.4, 0.5) is 11.4 Å². The van der Waals surface area contributed by atoms with Gasteiger partial charge < -0.3 is 5.73 Å². The Kier molecular flexibility index (Phi) is 2.78. The van der Waals surface area contributed by atoms with Crippen molar-refractivity contribution in [1.82, 2.24) is 0 Å². The summed E-state index contributed by atoms with van der Waals surface area (Å²) in [6, 6.07) is 12.1. The minimum absolute atomic E-state index is 0.0960. The van der Waals surface area contributed by atoms with Crippen LogP contribution < -0.4 is 5.73 Å². The number of nitro groups is 1. The Morgan fingerprint density at radius 3 is 2.59 bits per heavy atom. The number of hydrogen-bond donors (Lipinski definition) is 1. The SMILES string of the molecule is Cc1cc(N)ccc1-c1cccc([N+](=O)[O-])c1. The number of hydrogen-bond acceptors (Lipinski definition) is 3. The largest absolute Gasteiger partial charge is 0.399 e. The molecule has 0 unspecified atom stereocenters. The normalized spacial score (nSPS) is 10.2. The summed E-state index contributed by atoms with van der Waals surface area (Å²) >= 11 is 0. The maximum atomic E-state index is 10.7. The summed E-state index contributed by atoms with van der Waals surface area (Å²) in [7, 11) is 0. The number of aryl methyl sites for hydroxylation is 1. The third kappa shape index (κ3) is 2.25. The fourth-order valence-electron chi connectivity index (χ4n) is 1.80. The fraction of sp³-hybridized carbons (Fsp3) is 0.0769. The smallest absolute Gasteiger partial charge is 0.270 e. The Labute approximate surface area is 98.8 Å². The molecular weight excluding hydrogens is 216 g/mol. The highest BCUT2D eigenvalue weighted by atomic mass is 16.6. The zero-order valence-electron chi connectivity index (χ0n) is 9.38. The number of nitrogens with zero attached hydrogens (tertiary/aromatic N) is 1. The van der Waals surface area contributed by atoms with E-state index in [9.17, 15) is 10.1 Å². The lowest BCUT2D eigenvalue weighted by Gasteiger charge is -2.06. The molecule has 0 aliphatic rings. The Morgan fingerprint density at radius 1 is 1.18 bits per heavy atom. The van der Waals surface area contributed by atoms with Crippen molar-refractivity contribution < 1.29 is 4.92 Å². The third-order valence-corrected chi connectivity index (χ3v) is 2.62. The van der Waals surface area contributed by atoms with Gasteiger partial charge in [-0.1, -0.05) is 18.2 Å². The van der Waals surface area contributed by atoms with Gasteiger partial charge >= 0.3 is 0 Å². The van der Waals surface area contributed by atoms with Gasteiger partial charge in [0.05, 0.1) is 4.92 Å². The standard InChI is InChI=1S/C13H12N2O2/c1-9-7-11(14)5-6-13(9)10-3-2-4-12(8-10)15(16)17/h2-8H,14H2,1H3. The van der Waals surface area contributed by atoms with E-state index in [1.165, 1.54) is 6.07 Å². The molecule has 86 valence electrons. The molecule has 2 aromatic rings. The molecule has 0 amide bonds. The molecule has 0 saturated heterocycles. The van der Waals surface area contributed by atoms with Crippen molar-refractivity contribution in [1.29, 1.82) is 0 Å². The van der Waals surface area contributed by atoms with Gasteiger partial charge in [-0.25, -0.2) is 0 Å². The molecule has 0 heterocycles. The van der Waals surface area contributed by atoms with Gasteiger partial charge in [0, 0.05) is 17.8 Å². The molecule has 2 N–H and O–H groups in total. The van der Waals surface area contributed by atoms with Crippen LogP contribution in [0.5, 0.6) is 0 Å². The van der Waals surface area contributed by atoms with Gasteiger partial charge in [-0.3, -0.25) is 10.1 Å². The highest BCUT2D eigenvalue weighted by molar-refractivity contribution is 5.71. The molecule has 4 heteroatoms. The number of benzene rings is 2. The summed E-state index contributed by atoms with van der Waals surface area (Å²) in [6.07, 6.45) is 0. The van der Waals surface area contributed by atoms with Gasteiger partial charge in [0.15, 0.2) is 0 Å². The first-order chi connectivity index (χ1) is 8.08. The van der Waals surface area contributed by atoms with Crippen LogP contribution in [0, 0.1) is 17.0 Å². The summed E-state index contributed by atoms with van der Waals surface area (Å²) < 4.78 is 0. The number of anilines is 1. The van der Waals surface area contributed by atoms with Crippen LogP contribution in [0.3, 0.4) is 0 Å². The average Bonchev–Trinajstić information content (AvgIpc) is 2.29. The zero-order valence-corrected chi connectivity index (χ0v) is 9.38. The second-order valence-electron chi connectivity index (χ2n) is 3.88. The molecule has 0 radical (unpaired) electrons. The molecule has 17 heavy (non-hydrogen) atoms. The number of nitrogens with two attached hydrogens (primary N) is 1. The van der Waals surface area contributed by atoms with Crippen molar-refractivity contribution in [3.8, 4) is 11.1 Å². The Bertz CT molecular complexity index is 579. The molecule has 0 atom stereocenters. The molecule has 0 spiro atoms. The van der Waals surface area contributed by atoms with Gasteiger partial charge in [-0.15, -0.1) is 0 Å². The van der Waals surface area contributed by atoms with Crippen molar-refractivity contribution in [2.75, 3.05) is 5.73 Å². The highest BCUT2D eigenvalue weighted by Crippen LogP contribution is 2.27. The first-order valence-corrected chi connectivity index (χ1v) is 5.19. The lowest BCUT2D eigenvalue weighted by atomic mass is 10.00. The Morgan fingerprint density at radius 2 is 1.94 bits per heavy atom. The summed E-state index contributed by atoms with van der Waals surface area (Å²) in [5, 5.41) is 10.7. The zero-order chi connectivity index (χ0) is 12.4. The second kappa shape index (κ2) is 4.25. The average molecular weight is 228 g/mol. The number of non-ortho nitro benzene ring substituents is 1. The van der Waals surface area contributed by atoms with E-state index in [1.54, 1.807) is 18.2 Å². The maximum Gasteiger partial charge on any atom is 0.270 e. The van der Waals surface area contributed by atoms with Crippen molar-refractivity contribution >= 4 is 11.4 Å². The topological polar surface area (TPSA) is 69.2 Å². The van der Waals surface area contributed by atoms with E-state index < -0.39 is 4.92 Å². The fourth-order valence-corrected chi connectivity index (χ4v) is 1.80. The van der Waals surface area contributed by atoms with Crippen LogP contribution in [-0.4, -0.2) is 4.92 Å². The van der Waals surface area contributed by atoms with Gasteiger partial charge in [0.1, 0.15) is 0 Å². The van der Waals surface area contributed by atoms with Gasteiger partial charge in [0.25, 0.3) is 5.69 Å². The molecule has 0 fully saturated rings.